The summed E-state index contributed by atoms with van der Waals surface area (Å²) in [6, 6.07) is 0. The third-order valence-electron chi connectivity index (χ3n) is 0.391. The summed E-state index contributed by atoms with van der Waals surface area (Å²) in [6.45, 7) is 5.11. The summed E-state index contributed by atoms with van der Waals surface area (Å²) in [4.78, 5) is 0. The van der Waals surface area contributed by atoms with E-state index in [0.29, 0.717) is 0 Å². The van der Waals surface area contributed by atoms with Crippen LogP contribution in [0.5, 0.6) is 0 Å². The molecule has 0 aliphatic rings. The third kappa shape index (κ3) is 4.67. The van der Waals surface area contributed by atoms with Crippen molar-refractivity contribution in [3.63, 3.8) is 0 Å². The van der Waals surface area contributed by atoms with E-state index in [9.17, 15) is 0 Å². The van der Waals surface area contributed by atoms with Gasteiger partial charge in [-0.2, -0.15) is 0 Å². The van der Waals surface area contributed by atoms with E-state index in [2.05, 4.69) is 6.92 Å². The zero-order chi connectivity index (χ0) is 4.83. The summed E-state index contributed by atoms with van der Waals surface area (Å²) < 4.78 is 6.37. The standard InChI is InChI=1S/C2H5O.C2H5.Ti/c1-2-3;1-2;/h2H2,1H3;1H2,2H3;/q-1;;+1. The first-order chi connectivity index (χ1) is 2.91. The van der Waals surface area contributed by atoms with Crippen molar-refractivity contribution in [1.29, 1.82) is 0 Å². The average Bonchev–Trinajstić information content (AvgIpc) is 1.61. The topological polar surface area (TPSA) is 9.23 Å². The van der Waals surface area contributed by atoms with Crippen LogP contribution in [0.15, 0.2) is 0 Å². The molecule has 0 aromatic rings. The van der Waals surface area contributed by atoms with Gasteiger partial charge in [0.1, 0.15) is 0 Å². The van der Waals surface area contributed by atoms with Gasteiger partial charge in [-0.1, -0.05) is 0 Å². The van der Waals surface area contributed by atoms with E-state index in [0.717, 1.165) is 6.61 Å². The fraction of sp³-hybridized carbons (Fsp3) is 1.00. The first kappa shape index (κ1) is 6.67. The number of hydrogen-bond donors (Lipinski definition) is 0. The van der Waals surface area contributed by atoms with Crippen LogP contribution in [0.25, 0.3) is 0 Å². The molecule has 0 rings (SSSR count). The Labute approximate surface area is 48.5 Å². The van der Waals surface area contributed by atoms with Crippen molar-refractivity contribution in [1.82, 2.24) is 0 Å². The Morgan fingerprint density at radius 3 is 2.33 bits per heavy atom. The molecular weight excluding hydrogens is 112 g/mol. The fourth-order valence-corrected chi connectivity index (χ4v) is 0.842. The van der Waals surface area contributed by atoms with E-state index in [1.807, 2.05) is 6.92 Å². The fourth-order valence-electron chi connectivity index (χ4n) is 0.204. The zero-order valence-electron chi connectivity index (χ0n) is 4.32. The molecular formula is C4H10OTi. The predicted octanol–water partition coefficient (Wildman–Crippen LogP) is 1.46. The van der Waals surface area contributed by atoms with Crippen LogP contribution in [0.3, 0.4) is 0 Å². The molecule has 0 aliphatic carbocycles. The van der Waals surface area contributed by atoms with Crippen LogP contribution in [-0.4, -0.2) is 6.61 Å². The molecule has 2 heteroatoms. The predicted molar refractivity (Wildman–Crippen MR) is 22.1 cm³/mol. The normalized spacial score (nSPS) is 8.33. The van der Waals surface area contributed by atoms with Crippen LogP contribution in [0.1, 0.15) is 13.8 Å². The first-order valence-electron chi connectivity index (χ1n) is 2.26. The Morgan fingerprint density at radius 1 is 1.50 bits per heavy atom. The van der Waals surface area contributed by atoms with E-state index in [1.54, 1.807) is 0 Å². The van der Waals surface area contributed by atoms with Crippen LogP contribution in [0.4, 0.5) is 0 Å². The molecule has 6 heavy (non-hydrogen) atoms. The molecule has 0 atom stereocenters. The number of hydrogen-bond acceptors (Lipinski definition) is 1. The molecule has 0 aromatic heterocycles. The van der Waals surface area contributed by atoms with Gasteiger partial charge in [0.05, 0.1) is 0 Å². The van der Waals surface area contributed by atoms with E-state index < -0.39 is 0 Å². The number of rotatable bonds is 3. The molecule has 0 aromatic carbocycles. The van der Waals surface area contributed by atoms with Gasteiger partial charge in [-0.05, 0) is 0 Å². The monoisotopic (exact) mass is 122 g/mol. The quantitative estimate of drug-likeness (QED) is 0.406. The molecule has 0 spiro atoms. The van der Waals surface area contributed by atoms with E-state index in [1.165, 1.54) is 4.73 Å². The summed E-state index contributed by atoms with van der Waals surface area (Å²) in [5.74, 6) is 0. The van der Waals surface area contributed by atoms with Crippen molar-refractivity contribution in [3.8, 4) is 0 Å². The van der Waals surface area contributed by atoms with Crippen LogP contribution in [0.2, 0.25) is 4.73 Å². The van der Waals surface area contributed by atoms with Crippen LogP contribution in [0, 0.1) is 0 Å². The summed E-state index contributed by atoms with van der Waals surface area (Å²) in [6.07, 6.45) is 0. The van der Waals surface area contributed by atoms with E-state index >= 15 is 0 Å². The Bertz CT molecular complexity index is 19.5. The van der Waals surface area contributed by atoms with Crippen molar-refractivity contribution in [2.45, 2.75) is 18.6 Å². The average molecular weight is 122 g/mol. The van der Waals surface area contributed by atoms with Gasteiger partial charge in [-0.3, -0.25) is 0 Å². The van der Waals surface area contributed by atoms with Gasteiger partial charge in [0.2, 0.25) is 0 Å². The third-order valence-corrected chi connectivity index (χ3v) is 1.61. The van der Waals surface area contributed by atoms with Crippen LogP contribution < -0.4 is 0 Å². The Kier molecular flexibility index (Phi) is 6.31. The Hall–Kier alpha value is 0.674. The molecule has 0 radical (unpaired) electrons. The maximum atomic E-state index is 5.11. The first-order valence-corrected chi connectivity index (χ1v) is 4.00. The molecule has 0 N–H and O–H groups in total. The van der Waals surface area contributed by atoms with Crippen LogP contribution >= 0.6 is 0 Å². The van der Waals surface area contributed by atoms with Crippen LogP contribution in [-0.2, 0) is 22.9 Å². The van der Waals surface area contributed by atoms with Crippen molar-refractivity contribution in [2.75, 3.05) is 6.61 Å². The van der Waals surface area contributed by atoms with Gasteiger partial charge >= 0.3 is 48.0 Å². The maximum absolute atomic E-state index is 5.11. The van der Waals surface area contributed by atoms with E-state index in [4.69, 9.17) is 3.32 Å². The van der Waals surface area contributed by atoms with Gasteiger partial charge in [-0.15, -0.1) is 0 Å². The van der Waals surface area contributed by atoms with Gasteiger partial charge in [0, 0.05) is 0 Å². The minimum atomic E-state index is 0.0208. The van der Waals surface area contributed by atoms with E-state index in [-0.39, 0.29) is 19.5 Å². The molecule has 1 nitrogen and oxygen atoms in total. The molecule has 0 saturated heterocycles. The molecule has 0 aliphatic heterocycles. The minimum absolute atomic E-state index is 0.0208. The molecule has 0 unspecified atom stereocenters. The Morgan fingerprint density at radius 2 is 2.17 bits per heavy atom. The molecule has 0 heterocycles. The zero-order valence-corrected chi connectivity index (χ0v) is 5.88. The van der Waals surface area contributed by atoms with Gasteiger partial charge < -0.3 is 0 Å². The summed E-state index contributed by atoms with van der Waals surface area (Å²) in [5, 5.41) is 0. The second kappa shape index (κ2) is 5.67. The molecule has 0 fully saturated rings. The molecule has 0 amide bonds. The Balaban J connectivity index is 2.34. The summed E-state index contributed by atoms with van der Waals surface area (Å²) in [5.41, 5.74) is 0. The van der Waals surface area contributed by atoms with Crippen molar-refractivity contribution < 1.29 is 22.9 Å². The second-order valence-electron chi connectivity index (χ2n) is 0.931. The van der Waals surface area contributed by atoms with Gasteiger partial charge in [0.25, 0.3) is 0 Å². The molecule has 36 valence electrons. The second-order valence-corrected chi connectivity index (χ2v) is 2.94. The molecule has 0 saturated carbocycles. The van der Waals surface area contributed by atoms with Crippen molar-refractivity contribution >= 4 is 0 Å². The summed E-state index contributed by atoms with van der Waals surface area (Å²) >= 11 is 0.0208. The SMILES string of the molecule is CC[O][Ti][CH2]C. The van der Waals surface area contributed by atoms with Gasteiger partial charge in [0.15, 0.2) is 0 Å². The van der Waals surface area contributed by atoms with Crippen molar-refractivity contribution in [3.05, 3.63) is 0 Å². The summed E-state index contributed by atoms with van der Waals surface area (Å²) in [7, 11) is 0. The van der Waals surface area contributed by atoms with Gasteiger partial charge in [-0.25, -0.2) is 0 Å². The van der Waals surface area contributed by atoms with Crippen molar-refractivity contribution in [2.24, 2.45) is 0 Å². The molecule has 0 bridgehead atoms.